The zero-order valence-corrected chi connectivity index (χ0v) is 82.3. The Bertz CT molecular complexity index is 6720. The number of ether oxygens (including phenoxy) is 9. The van der Waals surface area contributed by atoms with Gasteiger partial charge < -0.3 is 110 Å². The highest BCUT2D eigenvalue weighted by Gasteiger charge is 2.79. The number of nitrogens with two attached hydrogens (primary N) is 1. The number of benzene rings is 5. The number of aliphatic hydroxyl groups is 7. The molecule has 10 bridgehead atoms. The van der Waals surface area contributed by atoms with Gasteiger partial charge in [-0.25, -0.2) is 24.6 Å². The van der Waals surface area contributed by atoms with Gasteiger partial charge in [0.15, 0.2) is 41.4 Å². The van der Waals surface area contributed by atoms with Crippen molar-refractivity contribution < 1.29 is 146 Å². The normalized spacial score (nSPS) is 29.4. The first-order valence-corrected chi connectivity index (χ1v) is 47.8. The van der Waals surface area contributed by atoms with E-state index >= 15 is 4.79 Å². The van der Waals surface area contributed by atoms with Crippen LogP contribution >= 0.6 is 0 Å². The number of hydrogen-bond acceptors (Lipinski definition) is 34. The topological polar surface area (TPSA) is 560 Å². The van der Waals surface area contributed by atoms with E-state index in [9.17, 15) is 99.0 Å². The van der Waals surface area contributed by atoms with E-state index in [1.54, 1.807) is 99.6 Å². The number of fused-ring (bicyclic) bond motifs is 13. The molecule has 36 nitrogen and oxygen atoms in total. The molecule has 1 unspecified atom stereocenters. The number of rotatable bonds is 21. The van der Waals surface area contributed by atoms with Gasteiger partial charge in [0.05, 0.1) is 119 Å². The molecule has 13 aliphatic rings. The van der Waals surface area contributed by atoms with Gasteiger partial charge in [-0.05, 0) is 142 Å². The van der Waals surface area contributed by atoms with Gasteiger partial charge in [0.25, 0.3) is 5.91 Å². The molecule has 14 N–H and O–H groups in total. The summed E-state index contributed by atoms with van der Waals surface area (Å²) in [6.07, 6.45) is -6.87. The predicted octanol–water partition coefficient (Wildman–Crippen LogP) is 9.84. The van der Waals surface area contributed by atoms with Crippen LogP contribution < -0.4 is 21.1 Å². The van der Waals surface area contributed by atoms with Crippen molar-refractivity contribution in [2.75, 3.05) is 27.4 Å². The van der Waals surface area contributed by atoms with Crippen molar-refractivity contribution in [2.45, 2.75) is 225 Å². The lowest BCUT2D eigenvalue weighted by atomic mass is 9.44. The third kappa shape index (κ3) is 17.8. The number of carboxylic acid groups (broad SMARTS) is 1. The molecule has 18 rings (SSSR count). The van der Waals surface area contributed by atoms with Crippen molar-refractivity contribution >= 4 is 82.0 Å². The zero-order valence-electron chi connectivity index (χ0n) is 82.3. The maximum absolute atomic E-state index is 15.5. The summed E-state index contributed by atoms with van der Waals surface area (Å²) < 4.78 is 52.4. The fourth-order valence-corrected chi connectivity index (χ4v) is 23.0. The molecule has 20 atom stereocenters. The Labute approximate surface area is 833 Å². The van der Waals surface area contributed by atoms with Crippen LogP contribution in [0, 0.1) is 34.5 Å². The lowest BCUT2D eigenvalue weighted by Crippen LogP contribution is -2.82. The first-order chi connectivity index (χ1) is 68.7. The van der Waals surface area contributed by atoms with Crippen molar-refractivity contribution in [3.05, 3.63) is 275 Å². The standard InChI is InChI=1S/C47H51NO14.C35H36N4O5.C27H29NO11/c1-25-31(60-43(56)36(52)35(28-16-10-7-11-17-28)48-41(54)29-18-12-8-13-19-29)23-47(57)40(61-42(55)30-20-14-9-15-21-30)38-45(6,32(51)22-33-46(38,24-58-33)62-27(3)50)39(53)37(59-26(2)49)34(25)44(47,4)5;1-8-19-15(3)22-12-24-17(5)21(10-11-28(40)41)32(38-24)30-31(35(43)44-7)34(42)29-18(6)25(39-33(29)30)14-27-20(9-2)16(4)23(37-27)13-26(19)36-22;1-10-22(31)13(28)6-17(38-10)39-15-8-27(36,16(30)9-29)7-12-19(15)26(35)21-20(24(12)33)23(32)11-4-3-5-14(37-2)18(11)25(21)34/h7-21,31-33,35-38,40,51-52,57H,22-24H2,1-6H3,(H,48,54);8,12-14,17,21,31,38,42H,1,9-11H2,2-7H3,(H,40,41);3-5,10,13,15,17,22,29,31,33,35-36H,6-9,28H2,1-2H3/t31-,32-,33+,35-,36+,37+,38-,40-,45+,46-,47+;17-,21-,31?;10-,13-,15-,17-,22+,27-/m000/s1. The number of phenols is 2. The summed E-state index contributed by atoms with van der Waals surface area (Å²) >= 11 is 0. The number of amides is 1. The molecule has 2 saturated carbocycles. The van der Waals surface area contributed by atoms with Crippen molar-refractivity contribution in [3.8, 4) is 17.2 Å². The molecule has 0 aromatic heterocycles. The number of aliphatic hydroxyl groups excluding tert-OH is 5. The largest absolute Gasteiger partial charge is 0.510 e. The number of esters is 5. The Morgan fingerprint density at radius 2 is 1.39 bits per heavy atom. The van der Waals surface area contributed by atoms with E-state index in [0.717, 1.165) is 76.6 Å². The molecular weight excluding hydrogens is 1870 g/mol. The Morgan fingerprint density at radius 1 is 0.745 bits per heavy atom. The third-order valence-corrected chi connectivity index (χ3v) is 30.8. The highest BCUT2D eigenvalue weighted by atomic mass is 16.7. The van der Waals surface area contributed by atoms with E-state index in [2.05, 4.69) is 31.1 Å². The summed E-state index contributed by atoms with van der Waals surface area (Å²) in [7, 11) is 2.61. The van der Waals surface area contributed by atoms with Crippen LogP contribution in [-0.2, 0) is 77.9 Å². The number of nitrogens with zero attached hydrogens (tertiary/aromatic N) is 3. The van der Waals surface area contributed by atoms with Crippen LogP contribution in [0.3, 0.4) is 0 Å². The van der Waals surface area contributed by atoms with Crippen molar-refractivity contribution in [1.82, 2.24) is 10.6 Å². The van der Waals surface area contributed by atoms with Crippen LogP contribution in [0.1, 0.15) is 209 Å². The van der Waals surface area contributed by atoms with Gasteiger partial charge in [-0.15, -0.1) is 0 Å². The molecule has 145 heavy (non-hydrogen) atoms. The van der Waals surface area contributed by atoms with Crippen molar-refractivity contribution in [2.24, 2.45) is 55.2 Å². The number of carboxylic acids is 1. The first kappa shape index (κ1) is 104. The number of Topliss-reactive ketones (excluding diaryl/α,β-unsaturated/α-hetero) is 2. The minimum atomic E-state index is -2.39. The summed E-state index contributed by atoms with van der Waals surface area (Å²) in [5.41, 5.74) is 6.94. The molecule has 3 saturated heterocycles. The van der Waals surface area contributed by atoms with Crippen molar-refractivity contribution in [3.63, 3.8) is 0 Å². The number of aromatic hydroxyl groups is 2. The van der Waals surface area contributed by atoms with Crippen LogP contribution in [-0.4, -0.2) is 238 Å². The molecule has 7 aliphatic heterocycles. The number of ketones is 4. The minimum Gasteiger partial charge on any atom is -0.510 e. The number of phenolic OH excluding ortho intramolecular Hbond substituents is 2. The monoisotopic (exact) mass is 1990 g/mol. The molecule has 36 heteroatoms. The van der Waals surface area contributed by atoms with E-state index in [4.69, 9.17) is 63.3 Å². The van der Waals surface area contributed by atoms with Crippen molar-refractivity contribution in [1.29, 1.82) is 0 Å². The molecule has 7 heterocycles. The van der Waals surface area contributed by atoms with Crippen LogP contribution in [0.2, 0.25) is 0 Å². The fraction of sp³-hybridized carbons (Fsp3) is 0.413. The van der Waals surface area contributed by atoms with Gasteiger partial charge in [-0.1, -0.05) is 119 Å². The fourth-order valence-electron chi connectivity index (χ4n) is 23.0. The van der Waals surface area contributed by atoms with E-state index in [1.165, 1.54) is 58.4 Å². The van der Waals surface area contributed by atoms with Crippen LogP contribution in [0.4, 0.5) is 0 Å². The molecule has 762 valence electrons. The lowest BCUT2D eigenvalue weighted by Gasteiger charge is -2.67. The quantitative estimate of drug-likeness (QED) is 0.0138. The van der Waals surface area contributed by atoms with Gasteiger partial charge in [-0.2, -0.15) is 0 Å². The molecular formula is C109H116N6O30. The van der Waals surface area contributed by atoms with Crippen LogP contribution in [0.25, 0.3) is 0 Å². The smallest absolute Gasteiger partial charge is 0.338 e. The average Bonchev–Trinajstić information content (AvgIpc) is 1.35. The average molecular weight is 1990 g/mol. The summed E-state index contributed by atoms with van der Waals surface area (Å²) in [5.74, 6) is -13.8. The lowest BCUT2D eigenvalue weighted by molar-refractivity contribution is -0.346. The molecule has 1 amide bonds. The van der Waals surface area contributed by atoms with E-state index < -0.39 is 226 Å². The van der Waals surface area contributed by atoms with Gasteiger partial charge >= 0.3 is 35.8 Å². The van der Waals surface area contributed by atoms with Crippen LogP contribution in [0.5, 0.6) is 17.2 Å². The Morgan fingerprint density at radius 3 is 2.00 bits per heavy atom. The number of hydrogen-bond donors (Lipinski definition) is 13. The Kier molecular flexibility index (Phi) is 28.6. The minimum absolute atomic E-state index is 0.00289. The number of methoxy groups -OCH3 is 2. The predicted molar refractivity (Wildman–Crippen MR) is 519 cm³/mol. The summed E-state index contributed by atoms with van der Waals surface area (Å²) in [5, 5.41) is 119. The summed E-state index contributed by atoms with van der Waals surface area (Å²) in [4.78, 5) is 163. The highest BCUT2D eigenvalue weighted by molar-refractivity contribution is 6.32. The van der Waals surface area contributed by atoms with Gasteiger partial charge in [0, 0.05) is 126 Å². The number of nitrogens with one attached hydrogen (secondary N) is 2. The second-order valence-electron chi connectivity index (χ2n) is 39.3. The second-order valence-corrected chi connectivity index (χ2v) is 39.3. The van der Waals surface area contributed by atoms with Gasteiger partial charge in [0.1, 0.15) is 65.0 Å². The maximum Gasteiger partial charge on any atom is 0.338 e. The van der Waals surface area contributed by atoms with E-state index in [0.29, 0.717) is 40.2 Å². The second kappa shape index (κ2) is 39.9. The number of aliphatic carboxylic acids is 1. The van der Waals surface area contributed by atoms with E-state index in [1.807, 2.05) is 45.1 Å². The molecule has 5 aromatic carbocycles. The number of allylic oxidation sites excluding steroid dienone is 11. The molecule has 0 spiro atoms. The summed E-state index contributed by atoms with van der Waals surface area (Å²) in [6.45, 7) is 22.7. The molecule has 5 aromatic rings. The highest BCUT2D eigenvalue weighted by Crippen LogP contribution is 2.66. The maximum atomic E-state index is 15.5. The Balaban J connectivity index is 0.000000161. The van der Waals surface area contributed by atoms with Gasteiger partial charge in [-0.3, -0.25) is 43.2 Å². The zero-order chi connectivity index (χ0) is 105. The number of carbonyl (C=O) groups excluding carboxylic acids is 10. The molecule has 6 aliphatic carbocycles. The van der Waals surface area contributed by atoms with Gasteiger partial charge in [0.2, 0.25) is 5.78 Å². The number of carbonyl (C=O) groups is 11. The molecule has 0 radical (unpaired) electrons. The SMILES string of the molecule is C=CC1=C(C)C2=NC1=CC1=NC(=CC3=C(C)C4=C(O)C(C(=O)OC)C(=C5NC(=C2)[C@@H](C)[C@@H]5CCC(=O)O)C4=N3)C(CC)=C1C.CC(=O)O[C@H]1C(=O)[C@@]2(C)[C@H]([C@H](OC(=O)c3ccccc3)[C@]3(O)C[C@H](OC(=O)[C@H](O)[C@@H](NC(=O)c4ccccc4)c4ccccc4)C(C)=C1C3(C)C)[C@]1(OC(C)=O)CO[C@@H]1C[C@@H]2O.COc1cccc2c1C(=O)c1c(O)c3c(c(O)c1C2=O)C[C@@](O)(C(=O)CO)C[C@@H]3O[C@H]1C[C@H](N)[C@H](O)[C@H](C)O1. The van der Waals surface area contributed by atoms with E-state index in [-0.39, 0.29) is 93.7 Å². The summed E-state index contributed by atoms with van der Waals surface area (Å²) in [6, 6.07) is 26.6. The first-order valence-electron chi connectivity index (χ1n) is 47.8. The Hall–Kier alpha value is -13.9. The third-order valence-electron chi connectivity index (χ3n) is 30.8. The molecule has 5 fully saturated rings. The number of aliphatic imine (C=N–C) groups is 3. The van der Waals surface area contributed by atoms with Crippen LogP contribution in [0.15, 0.2) is 239 Å².